The van der Waals surface area contributed by atoms with Crippen molar-refractivity contribution in [2.75, 3.05) is 20.3 Å². The van der Waals surface area contributed by atoms with E-state index in [1.165, 1.54) is 13.4 Å². The zero-order valence-electron chi connectivity index (χ0n) is 22.5. The van der Waals surface area contributed by atoms with Crippen molar-refractivity contribution in [3.63, 3.8) is 0 Å². The van der Waals surface area contributed by atoms with Crippen LogP contribution in [0.25, 0.3) is 11.3 Å². The van der Waals surface area contributed by atoms with Crippen molar-refractivity contribution in [1.82, 2.24) is 24.6 Å². The molecule has 0 aliphatic heterocycles. The molecule has 2 aromatic heterocycles. The second-order valence-electron chi connectivity index (χ2n) is 9.05. The lowest BCUT2D eigenvalue weighted by Crippen LogP contribution is -2.36. The molecule has 2 heterocycles. The van der Waals surface area contributed by atoms with Crippen molar-refractivity contribution < 1.29 is 50.5 Å². The van der Waals surface area contributed by atoms with Gasteiger partial charge in [0.25, 0.3) is 5.91 Å². The molecule has 0 fully saturated rings. The van der Waals surface area contributed by atoms with Gasteiger partial charge >= 0.3 is 12.3 Å². The molecule has 12 nitrogen and oxygen atoms in total. The lowest BCUT2D eigenvalue weighted by Gasteiger charge is -2.24. The van der Waals surface area contributed by atoms with Gasteiger partial charge in [0.15, 0.2) is 28.2 Å². The molecule has 234 valence electrons. The Morgan fingerprint density at radius 2 is 1.89 bits per heavy atom. The number of alkyl halides is 3. The largest absolute Gasteiger partial charge is 0.476 e. The fraction of sp³-hybridized carbons (Fsp3) is 0.269. The number of carbonyl (C=O) groups excluding carboxylic acids is 1. The Bertz CT molecular complexity index is 1650. The maximum atomic E-state index is 15.1. The van der Waals surface area contributed by atoms with Gasteiger partial charge in [-0.05, 0) is 40.2 Å². The van der Waals surface area contributed by atoms with Crippen LogP contribution < -0.4 is 10.5 Å². The lowest BCUT2D eigenvalue weighted by molar-refractivity contribution is -0.137. The summed E-state index contributed by atoms with van der Waals surface area (Å²) in [6, 6.07) is 5.51. The van der Waals surface area contributed by atoms with Crippen LogP contribution in [0.2, 0.25) is 0 Å². The summed E-state index contributed by atoms with van der Waals surface area (Å²) in [6.45, 7) is -0.362. The van der Waals surface area contributed by atoms with Crippen LogP contribution in [0.4, 0.5) is 26.7 Å². The number of ether oxygens (including phenoxy) is 2. The third kappa shape index (κ3) is 7.31. The van der Waals surface area contributed by atoms with E-state index in [-0.39, 0.29) is 40.8 Å². The fourth-order valence-electron chi connectivity index (χ4n) is 3.98. The molecule has 1 unspecified atom stereocenters. The van der Waals surface area contributed by atoms with Crippen LogP contribution in [0, 0.1) is 11.6 Å². The van der Waals surface area contributed by atoms with Gasteiger partial charge in [-0.2, -0.15) is 13.2 Å². The van der Waals surface area contributed by atoms with Crippen LogP contribution >= 0.6 is 15.9 Å². The van der Waals surface area contributed by atoms with E-state index in [9.17, 15) is 32.3 Å². The topological polar surface area (TPSA) is 159 Å². The number of benzene rings is 2. The van der Waals surface area contributed by atoms with Gasteiger partial charge in [0.2, 0.25) is 5.89 Å². The fourth-order valence-corrected chi connectivity index (χ4v) is 4.46. The zero-order valence-corrected chi connectivity index (χ0v) is 24.1. The summed E-state index contributed by atoms with van der Waals surface area (Å²) in [4.78, 5) is 29.0. The number of hydrogen-bond donors (Lipinski definition) is 2. The van der Waals surface area contributed by atoms with Crippen LogP contribution in [0.5, 0.6) is 5.75 Å². The first-order valence-electron chi connectivity index (χ1n) is 12.4. The Labute approximate surface area is 253 Å². The third-order valence-corrected chi connectivity index (χ3v) is 6.69. The molecule has 44 heavy (non-hydrogen) atoms. The van der Waals surface area contributed by atoms with Crippen LogP contribution in [-0.4, -0.2) is 62.0 Å². The highest BCUT2D eigenvalue weighted by molar-refractivity contribution is 9.10. The van der Waals surface area contributed by atoms with Crippen LogP contribution in [0.15, 0.2) is 51.8 Å². The third-order valence-electron chi connectivity index (χ3n) is 6.16. The first kappa shape index (κ1) is 32.3. The quantitative estimate of drug-likeness (QED) is 0.195. The first-order valence-corrected chi connectivity index (χ1v) is 13.2. The SMILES string of the molecule is COCCn1cnnc1CN(CC(Oc1ccc(F)c(C(N)=O)c1F)c1nc(-c2ccc(C(F)(F)F)cc2)c(Br)o1)C(=O)O. The van der Waals surface area contributed by atoms with Gasteiger partial charge in [-0.3, -0.25) is 9.69 Å². The van der Waals surface area contributed by atoms with E-state index in [0.29, 0.717) is 6.54 Å². The summed E-state index contributed by atoms with van der Waals surface area (Å²) >= 11 is 3.14. The maximum Gasteiger partial charge on any atom is 0.416 e. The molecule has 0 aliphatic carbocycles. The maximum absolute atomic E-state index is 15.1. The predicted molar refractivity (Wildman–Crippen MR) is 143 cm³/mol. The number of carboxylic acid groups (broad SMARTS) is 1. The van der Waals surface area contributed by atoms with Crippen LogP contribution in [0.3, 0.4) is 0 Å². The normalized spacial score (nSPS) is 12.2. The molecular formula is C26H22BrF5N6O6. The number of halogens is 6. The van der Waals surface area contributed by atoms with Crippen molar-refractivity contribution >= 4 is 27.9 Å². The van der Waals surface area contributed by atoms with E-state index in [0.717, 1.165) is 41.3 Å². The van der Waals surface area contributed by atoms with Gasteiger partial charge in [0.1, 0.15) is 23.4 Å². The first-order chi connectivity index (χ1) is 20.8. The molecule has 0 spiro atoms. The van der Waals surface area contributed by atoms with Gasteiger partial charge in [0.05, 0.1) is 25.3 Å². The zero-order chi connectivity index (χ0) is 32.2. The van der Waals surface area contributed by atoms with Gasteiger partial charge in [-0.15, -0.1) is 10.2 Å². The summed E-state index contributed by atoms with van der Waals surface area (Å²) in [7, 11) is 1.47. The number of amides is 2. The Morgan fingerprint density at radius 1 is 1.18 bits per heavy atom. The minimum Gasteiger partial charge on any atom is -0.476 e. The molecule has 3 N–H and O–H groups in total. The minimum atomic E-state index is -4.58. The Kier molecular flexibility index (Phi) is 9.83. The van der Waals surface area contributed by atoms with Crippen molar-refractivity contribution in [3.8, 4) is 17.0 Å². The molecule has 2 amide bonds. The molecule has 18 heteroatoms. The highest BCUT2D eigenvalue weighted by Gasteiger charge is 2.32. The van der Waals surface area contributed by atoms with Crippen molar-refractivity contribution in [2.45, 2.75) is 25.4 Å². The Hall–Kier alpha value is -4.58. The molecule has 1 atom stereocenters. The molecular weight excluding hydrogens is 667 g/mol. The molecule has 2 aromatic carbocycles. The number of carbonyl (C=O) groups is 2. The van der Waals surface area contributed by atoms with E-state index >= 15 is 4.39 Å². The summed E-state index contributed by atoms with van der Waals surface area (Å²) in [5.74, 6) is -4.96. The number of hydrogen-bond acceptors (Lipinski definition) is 8. The summed E-state index contributed by atoms with van der Waals surface area (Å²) in [5.41, 5.74) is 3.30. The molecule has 0 bridgehead atoms. The number of oxazole rings is 1. The highest BCUT2D eigenvalue weighted by atomic mass is 79.9. The van der Waals surface area contributed by atoms with Crippen molar-refractivity contribution in [3.05, 3.63) is 81.9 Å². The second-order valence-corrected chi connectivity index (χ2v) is 9.77. The monoisotopic (exact) mass is 688 g/mol. The Morgan fingerprint density at radius 3 is 2.50 bits per heavy atom. The van der Waals surface area contributed by atoms with E-state index in [2.05, 4.69) is 31.1 Å². The Balaban J connectivity index is 1.73. The van der Waals surface area contributed by atoms with Gasteiger partial charge in [-0.25, -0.2) is 18.6 Å². The number of methoxy groups -OCH3 is 1. The second kappa shape index (κ2) is 13.4. The van der Waals surface area contributed by atoms with E-state index in [1.807, 2.05) is 0 Å². The predicted octanol–water partition coefficient (Wildman–Crippen LogP) is 5.04. The molecule has 4 aromatic rings. The average Bonchev–Trinajstić information content (AvgIpc) is 3.57. The summed E-state index contributed by atoms with van der Waals surface area (Å²) < 4.78 is 86.2. The summed E-state index contributed by atoms with van der Waals surface area (Å²) in [6.07, 6.45) is -6.24. The molecule has 0 aliphatic rings. The lowest BCUT2D eigenvalue weighted by atomic mass is 10.1. The number of rotatable bonds is 12. The van der Waals surface area contributed by atoms with E-state index in [1.54, 1.807) is 4.57 Å². The van der Waals surface area contributed by atoms with Gasteiger partial charge in [0, 0.05) is 19.2 Å². The minimum absolute atomic E-state index is 0.0147. The molecule has 0 saturated heterocycles. The average molecular weight is 689 g/mol. The molecule has 0 radical (unpaired) electrons. The molecule has 0 saturated carbocycles. The number of nitrogens with zero attached hydrogens (tertiary/aromatic N) is 5. The number of primary amides is 1. The summed E-state index contributed by atoms with van der Waals surface area (Å²) in [5, 5.41) is 17.7. The standard InChI is InChI=1S/C26H22BrF5N6O6/c1-42-9-8-37-12-34-36-18(37)11-38(25(40)41)10-17(43-16-7-6-15(28)19(20(16)29)23(33)39)24-35-21(22(27)44-24)13-2-4-14(5-3-13)26(30,31)32/h2-7,12,17H,8-11H2,1H3,(H2,33,39)(H,40,41). The number of aromatic nitrogens is 4. The smallest absolute Gasteiger partial charge is 0.416 e. The highest BCUT2D eigenvalue weighted by Crippen LogP contribution is 2.36. The van der Waals surface area contributed by atoms with Gasteiger partial charge in [-0.1, -0.05) is 12.1 Å². The van der Waals surface area contributed by atoms with Crippen LogP contribution in [-0.2, 0) is 24.0 Å². The van der Waals surface area contributed by atoms with E-state index in [4.69, 9.17) is 19.6 Å². The van der Waals surface area contributed by atoms with E-state index < -0.39 is 59.3 Å². The van der Waals surface area contributed by atoms with Gasteiger partial charge < -0.3 is 29.3 Å². The molecule has 4 rings (SSSR count). The van der Waals surface area contributed by atoms with Crippen molar-refractivity contribution in [2.24, 2.45) is 5.73 Å². The van der Waals surface area contributed by atoms with Crippen LogP contribution in [0.1, 0.15) is 33.7 Å². The van der Waals surface area contributed by atoms with Crippen molar-refractivity contribution in [1.29, 1.82) is 0 Å². The number of nitrogens with two attached hydrogens (primary N) is 1.